The number of phenolic OH excluding ortho intramolecular Hbond substituents is 1. The SMILES string of the molecule is COC(=O)c1cc(Cc2ccc(-c3cn(C)nn3)cc2)c2c(c1O)CCO2. The molecule has 4 rings (SSSR count). The van der Waals surface area contributed by atoms with E-state index in [2.05, 4.69) is 10.3 Å². The minimum Gasteiger partial charge on any atom is -0.507 e. The van der Waals surface area contributed by atoms with Crippen LogP contribution >= 0.6 is 0 Å². The van der Waals surface area contributed by atoms with Crippen LogP contribution in [0.4, 0.5) is 0 Å². The first-order chi connectivity index (χ1) is 13.1. The Balaban J connectivity index is 1.66. The van der Waals surface area contributed by atoms with Gasteiger partial charge in [-0.2, -0.15) is 0 Å². The van der Waals surface area contributed by atoms with E-state index in [1.54, 1.807) is 10.7 Å². The predicted molar refractivity (Wildman–Crippen MR) is 97.9 cm³/mol. The molecule has 2 aromatic carbocycles. The first-order valence-electron chi connectivity index (χ1n) is 8.61. The molecule has 7 heteroatoms. The van der Waals surface area contributed by atoms with Crippen LogP contribution < -0.4 is 4.74 Å². The lowest BCUT2D eigenvalue weighted by atomic mass is 9.96. The number of carbonyl (C=O) groups is 1. The lowest BCUT2D eigenvalue weighted by Gasteiger charge is -2.13. The molecule has 0 bridgehead atoms. The maximum absolute atomic E-state index is 12.0. The smallest absolute Gasteiger partial charge is 0.341 e. The molecule has 1 aliphatic heterocycles. The van der Waals surface area contributed by atoms with Crippen LogP contribution in [0.2, 0.25) is 0 Å². The van der Waals surface area contributed by atoms with Gasteiger partial charge in [-0.3, -0.25) is 4.68 Å². The van der Waals surface area contributed by atoms with Crippen molar-refractivity contribution < 1.29 is 19.4 Å². The second-order valence-electron chi connectivity index (χ2n) is 6.48. The van der Waals surface area contributed by atoms with Crippen LogP contribution in [0.25, 0.3) is 11.3 Å². The summed E-state index contributed by atoms with van der Waals surface area (Å²) in [5.41, 5.74) is 4.55. The average molecular weight is 365 g/mol. The van der Waals surface area contributed by atoms with Crippen molar-refractivity contribution >= 4 is 5.97 Å². The fourth-order valence-corrected chi connectivity index (χ4v) is 3.33. The molecule has 27 heavy (non-hydrogen) atoms. The Morgan fingerprint density at radius 3 is 2.78 bits per heavy atom. The molecule has 3 aromatic rings. The second-order valence-corrected chi connectivity index (χ2v) is 6.48. The number of carbonyl (C=O) groups excluding carboxylic acids is 1. The minimum atomic E-state index is -0.554. The van der Waals surface area contributed by atoms with Gasteiger partial charge in [0.05, 0.1) is 19.9 Å². The lowest BCUT2D eigenvalue weighted by molar-refractivity contribution is 0.0597. The van der Waals surface area contributed by atoms with Gasteiger partial charge < -0.3 is 14.6 Å². The van der Waals surface area contributed by atoms with E-state index in [4.69, 9.17) is 9.47 Å². The second kappa shape index (κ2) is 6.75. The Kier molecular flexibility index (Phi) is 4.27. The number of nitrogens with zero attached hydrogens (tertiary/aromatic N) is 3. The maximum atomic E-state index is 12.0. The van der Waals surface area contributed by atoms with Gasteiger partial charge in [0.15, 0.2) is 0 Å². The number of aryl methyl sites for hydroxylation is 1. The summed E-state index contributed by atoms with van der Waals surface area (Å²) >= 11 is 0. The topological polar surface area (TPSA) is 86.5 Å². The predicted octanol–water partition coefficient (Wildman–Crippen LogP) is 2.50. The van der Waals surface area contributed by atoms with E-state index < -0.39 is 5.97 Å². The van der Waals surface area contributed by atoms with Gasteiger partial charge in [0.25, 0.3) is 0 Å². The van der Waals surface area contributed by atoms with Gasteiger partial charge in [-0.25, -0.2) is 4.79 Å². The fourth-order valence-electron chi connectivity index (χ4n) is 3.33. The summed E-state index contributed by atoms with van der Waals surface area (Å²) in [6.45, 7) is 0.492. The molecule has 0 radical (unpaired) electrons. The highest BCUT2D eigenvalue weighted by atomic mass is 16.5. The van der Waals surface area contributed by atoms with E-state index in [-0.39, 0.29) is 11.3 Å². The zero-order chi connectivity index (χ0) is 19.0. The van der Waals surface area contributed by atoms with E-state index in [0.717, 1.165) is 22.4 Å². The van der Waals surface area contributed by atoms with Gasteiger partial charge in [-0.1, -0.05) is 29.5 Å². The number of esters is 1. The molecular weight excluding hydrogens is 346 g/mol. The van der Waals surface area contributed by atoms with Crippen molar-refractivity contribution in [3.63, 3.8) is 0 Å². The van der Waals surface area contributed by atoms with E-state index in [1.807, 2.05) is 37.5 Å². The molecule has 0 aliphatic carbocycles. The van der Waals surface area contributed by atoms with Crippen molar-refractivity contribution in [2.45, 2.75) is 12.8 Å². The van der Waals surface area contributed by atoms with Gasteiger partial charge in [0, 0.05) is 31.0 Å². The first-order valence-corrected chi connectivity index (χ1v) is 8.61. The molecule has 0 spiro atoms. The van der Waals surface area contributed by atoms with Crippen molar-refractivity contribution in [1.29, 1.82) is 0 Å². The quantitative estimate of drug-likeness (QED) is 0.715. The maximum Gasteiger partial charge on any atom is 0.341 e. The normalized spacial score (nSPS) is 12.5. The first kappa shape index (κ1) is 17.1. The molecule has 0 unspecified atom stereocenters. The summed E-state index contributed by atoms with van der Waals surface area (Å²) in [5, 5.41) is 18.4. The number of benzene rings is 2. The standard InChI is InChI=1S/C20H19N3O4/c1-23-11-17(21-22-23)13-5-3-12(4-6-13)9-14-10-16(20(25)26-2)18(24)15-7-8-27-19(14)15/h3-6,10-11,24H,7-9H2,1-2H3. The third kappa shape index (κ3) is 3.12. The van der Waals surface area contributed by atoms with Crippen LogP contribution in [-0.2, 0) is 24.6 Å². The van der Waals surface area contributed by atoms with Gasteiger partial charge in [0.1, 0.15) is 22.8 Å². The van der Waals surface area contributed by atoms with Crippen molar-refractivity contribution in [1.82, 2.24) is 15.0 Å². The molecule has 0 atom stereocenters. The van der Waals surface area contributed by atoms with E-state index in [1.165, 1.54) is 7.11 Å². The highest BCUT2D eigenvalue weighted by molar-refractivity contribution is 5.94. The molecular formula is C20H19N3O4. The van der Waals surface area contributed by atoms with Gasteiger partial charge >= 0.3 is 5.97 Å². The Morgan fingerprint density at radius 2 is 2.11 bits per heavy atom. The Hall–Kier alpha value is -3.35. The number of fused-ring (bicyclic) bond motifs is 1. The van der Waals surface area contributed by atoms with Crippen LogP contribution in [0.5, 0.6) is 11.5 Å². The minimum absolute atomic E-state index is 0.0453. The number of ether oxygens (including phenoxy) is 2. The van der Waals surface area contributed by atoms with E-state index >= 15 is 0 Å². The zero-order valence-corrected chi connectivity index (χ0v) is 15.1. The molecule has 0 saturated heterocycles. The molecule has 1 N–H and O–H groups in total. The van der Waals surface area contributed by atoms with Crippen LogP contribution in [-0.4, -0.2) is 39.8 Å². The van der Waals surface area contributed by atoms with Crippen LogP contribution in [0.1, 0.15) is 27.0 Å². The highest BCUT2D eigenvalue weighted by Crippen LogP contribution is 2.40. The number of rotatable bonds is 4. The molecule has 0 amide bonds. The van der Waals surface area contributed by atoms with Gasteiger partial charge in [-0.05, 0) is 17.2 Å². The largest absolute Gasteiger partial charge is 0.507 e. The van der Waals surface area contributed by atoms with Crippen LogP contribution in [0, 0.1) is 0 Å². The summed E-state index contributed by atoms with van der Waals surface area (Å²) in [7, 11) is 3.13. The average Bonchev–Trinajstić information content (AvgIpc) is 3.33. The molecule has 0 saturated carbocycles. The number of methoxy groups -OCH3 is 1. The lowest BCUT2D eigenvalue weighted by Crippen LogP contribution is -2.05. The highest BCUT2D eigenvalue weighted by Gasteiger charge is 2.26. The Labute approximate surface area is 156 Å². The van der Waals surface area contributed by atoms with Crippen molar-refractivity contribution in [2.75, 3.05) is 13.7 Å². The van der Waals surface area contributed by atoms with E-state index in [0.29, 0.717) is 30.8 Å². The third-order valence-corrected chi connectivity index (χ3v) is 4.68. The number of aromatic nitrogens is 3. The molecule has 138 valence electrons. The Morgan fingerprint density at radius 1 is 1.33 bits per heavy atom. The monoisotopic (exact) mass is 365 g/mol. The third-order valence-electron chi connectivity index (χ3n) is 4.68. The van der Waals surface area contributed by atoms with Crippen molar-refractivity contribution in [2.24, 2.45) is 7.05 Å². The summed E-state index contributed by atoms with van der Waals surface area (Å²) in [4.78, 5) is 12.0. The Bertz CT molecular complexity index is 1010. The zero-order valence-electron chi connectivity index (χ0n) is 15.1. The number of aromatic hydroxyl groups is 1. The summed E-state index contributed by atoms with van der Waals surface area (Å²) in [6, 6.07) is 9.65. The van der Waals surface area contributed by atoms with Crippen molar-refractivity contribution in [3.05, 3.63) is 58.8 Å². The van der Waals surface area contributed by atoms with Crippen molar-refractivity contribution in [3.8, 4) is 22.8 Å². The van der Waals surface area contributed by atoms with Gasteiger partial charge in [0.2, 0.25) is 0 Å². The molecule has 1 aliphatic rings. The van der Waals surface area contributed by atoms with E-state index in [9.17, 15) is 9.90 Å². The molecule has 7 nitrogen and oxygen atoms in total. The molecule has 0 fully saturated rings. The molecule has 1 aromatic heterocycles. The number of phenols is 1. The summed E-state index contributed by atoms with van der Waals surface area (Å²) in [5.74, 6) is 0.0655. The fraction of sp³-hybridized carbons (Fsp3) is 0.250. The number of hydrogen-bond acceptors (Lipinski definition) is 6. The molecule has 2 heterocycles. The van der Waals surface area contributed by atoms with Crippen LogP contribution in [0.3, 0.4) is 0 Å². The summed E-state index contributed by atoms with van der Waals surface area (Å²) < 4.78 is 12.2. The summed E-state index contributed by atoms with van der Waals surface area (Å²) in [6.07, 6.45) is 3.01. The van der Waals surface area contributed by atoms with Crippen LogP contribution in [0.15, 0.2) is 36.5 Å². The van der Waals surface area contributed by atoms with Gasteiger partial charge in [-0.15, -0.1) is 5.10 Å². The number of hydrogen-bond donors (Lipinski definition) is 1.